The molecule has 0 amide bonds. The van der Waals surface area contributed by atoms with Crippen molar-refractivity contribution in [2.45, 2.75) is 52.5 Å². The first-order chi connectivity index (χ1) is 8.20. The van der Waals surface area contributed by atoms with Crippen molar-refractivity contribution in [2.75, 3.05) is 19.8 Å². The Morgan fingerprint density at radius 3 is 1.76 bits per heavy atom. The molecule has 0 radical (unpaired) electrons. The van der Waals surface area contributed by atoms with Crippen molar-refractivity contribution in [3.63, 3.8) is 0 Å². The van der Waals surface area contributed by atoms with Gasteiger partial charge in [0.05, 0.1) is 0 Å². The standard InChI is InChI=1S/C13H28O3Si/c1-6-11-12-13(7-2)17(14-8-3,15-9-4)16-10-5/h7,13H,2,6,8-12H2,1,3-5H3. The Morgan fingerprint density at radius 2 is 1.47 bits per heavy atom. The van der Waals surface area contributed by atoms with Gasteiger partial charge in [-0.1, -0.05) is 25.8 Å². The third-order valence-electron chi connectivity index (χ3n) is 2.64. The Bertz CT molecular complexity index is 180. The zero-order valence-electron chi connectivity index (χ0n) is 11.8. The number of hydrogen-bond donors (Lipinski definition) is 0. The van der Waals surface area contributed by atoms with E-state index in [9.17, 15) is 0 Å². The summed E-state index contributed by atoms with van der Waals surface area (Å²) in [4.78, 5) is 0. The number of allylic oxidation sites excluding steroid dienone is 1. The van der Waals surface area contributed by atoms with Crippen molar-refractivity contribution in [3.8, 4) is 0 Å². The van der Waals surface area contributed by atoms with Crippen LogP contribution in [0, 0.1) is 0 Å². The van der Waals surface area contributed by atoms with Gasteiger partial charge in [0.1, 0.15) is 0 Å². The summed E-state index contributed by atoms with van der Waals surface area (Å²) in [6.45, 7) is 13.9. The third-order valence-corrected chi connectivity index (χ3v) is 6.15. The highest BCUT2D eigenvalue weighted by Crippen LogP contribution is 2.31. The van der Waals surface area contributed by atoms with Gasteiger partial charge < -0.3 is 13.3 Å². The lowest BCUT2D eigenvalue weighted by Gasteiger charge is -2.33. The van der Waals surface area contributed by atoms with E-state index in [1.54, 1.807) is 0 Å². The molecule has 4 heteroatoms. The van der Waals surface area contributed by atoms with Crippen molar-refractivity contribution in [3.05, 3.63) is 12.7 Å². The van der Waals surface area contributed by atoms with Gasteiger partial charge in [-0.25, -0.2) is 0 Å². The first kappa shape index (κ1) is 16.8. The second-order valence-corrected chi connectivity index (χ2v) is 6.70. The maximum atomic E-state index is 5.88. The van der Waals surface area contributed by atoms with E-state index in [0.717, 1.165) is 12.8 Å². The van der Waals surface area contributed by atoms with Gasteiger partial charge in [0.15, 0.2) is 0 Å². The van der Waals surface area contributed by atoms with Gasteiger partial charge in [-0.05, 0) is 27.2 Å². The van der Waals surface area contributed by atoms with Crippen LogP contribution < -0.4 is 0 Å². The SMILES string of the molecule is C=CC(CCCC)[Si](OCC)(OCC)OCC. The molecule has 0 N–H and O–H groups in total. The van der Waals surface area contributed by atoms with E-state index in [4.69, 9.17) is 13.3 Å². The number of unbranched alkanes of at least 4 members (excludes halogenated alkanes) is 1. The second-order valence-electron chi connectivity index (χ2n) is 3.89. The molecule has 0 bridgehead atoms. The van der Waals surface area contributed by atoms with Crippen LogP contribution in [0.5, 0.6) is 0 Å². The van der Waals surface area contributed by atoms with Gasteiger partial charge in [0, 0.05) is 25.4 Å². The molecule has 1 unspecified atom stereocenters. The molecular weight excluding hydrogens is 232 g/mol. The zero-order chi connectivity index (χ0) is 13.1. The fourth-order valence-corrected chi connectivity index (χ4v) is 4.86. The molecule has 102 valence electrons. The highest BCUT2D eigenvalue weighted by molar-refractivity contribution is 6.63. The summed E-state index contributed by atoms with van der Waals surface area (Å²) in [6, 6.07) is 0. The van der Waals surface area contributed by atoms with Gasteiger partial charge in [0.25, 0.3) is 0 Å². The van der Waals surface area contributed by atoms with E-state index >= 15 is 0 Å². The van der Waals surface area contributed by atoms with Crippen LogP contribution in [0.3, 0.4) is 0 Å². The molecule has 0 saturated carbocycles. The molecule has 0 aromatic heterocycles. The van der Waals surface area contributed by atoms with Crippen molar-refractivity contribution < 1.29 is 13.3 Å². The molecule has 0 aromatic rings. The van der Waals surface area contributed by atoms with Crippen LogP contribution in [0.2, 0.25) is 5.54 Å². The molecule has 0 spiro atoms. The molecule has 0 saturated heterocycles. The maximum Gasteiger partial charge on any atom is 0.508 e. The van der Waals surface area contributed by atoms with Crippen LogP contribution in [-0.2, 0) is 13.3 Å². The summed E-state index contributed by atoms with van der Waals surface area (Å²) in [6.07, 6.45) is 5.30. The minimum atomic E-state index is -2.58. The summed E-state index contributed by atoms with van der Waals surface area (Å²) in [7, 11) is -2.58. The fourth-order valence-electron chi connectivity index (χ4n) is 1.91. The van der Waals surface area contributed by atoms with Gasteiger partial charge in [-0.3, -0.25) is 0 Å². The highest BCUT2D eigenvalue weighted by atomic mass is 28.4. The summed E-state index contributed by atoms with van der Waals surface area (Å²) in [5.74, 6) is 0. The summed E-state index contributed by atoms with van der Waals surface area (Å²) >= 11 is 0. The third kappa shape index (κ3) is 5.34. The predicted octanol–water partition coefficient (Wildman–Crippen LogP) is 3.78. The summed E-state index contributed by atoms with van der Waals surface area (Å²) < 4.78 is 17.7. The molecule has 3 nitrogen and oxygen atoms in total. The lowest BCUT2D eigenvalue weighted by Crippen LogP contribution is -2.50. The topological polar surface area (TPSA) is 27.7 Å². The Morgan fingerprint density at radius 1 is 1.00 bits per heavy atom. The molecule has 17 heavy (non-hydrogen) atoms. The summed E-state index contributed by atoms with van der Waals surface area (Å²) in [5, 5.41) is 0. The van der Waals surface area contributed by atoms with E-state index in [0.29, 0.717) is 19.8 Å². The highest BCUT2D eigenvalue weighted by Gasteiger charge is 2.47. The van der Waals surface area contributed by atoms with Crippen molar-refractivity contribution in [2.24, 2.45) is 0 Å². The number of rotatable bonds is 11. The summed E-state index contributed by atoms with van der Waals surface area (Å²) in [5.41, 5.74) is 0.210. The van der Waals surface area contributed by atoms with E-state index in [1.807, 2.05) is 26.8 Å². The predicted molar refractivity (Wildman–Crippen MR) is 74.1 cm³/mol. The Kier molecular flexibility index (Phi) is 9.73. The quantitative estimate of drug-likeness (QED) is 0.418. The minimum absolute atomic E-state index is 0.210. The lowest BCUT2D eigenvalue weighted by atomic mass is 10.2. The van der Waals surface area contributed by atoms with Crippen molar-refractivity contribution in [1.82, 2.24) is 0 Å². The molecule has 1 atom stereocenters. The molecule has 0 aliphatic rings. The average molecular weight is 260 g/mol. The monoisotopic (exact) mass is 260 g/mol. The van der Waals surface area contributed by atoms with Gasteiger partial charge in [-0.15, -0.1) is 6.58 Å². The fraction of sp³-hybridized carbons (Fsp3) is 0.846. The molecular formula is C13H28O3Si. The zero-order valence-corrected chi connectivity index (χ0v) is 12.8. The number of hydrogen-bond acceptors (Lipinski definition) is 3. The second kappa shape index (κ2) is 9.83. The van der Waals surface area contributed by atoms with E-state index < -0.39 is 8.80 Å². The molecule has 0 aromatic carbocycles. The van der Waals surface area contributed by atoms with Gasteiger partial charge in [-0.2, -0.15) is 0 Å². The van der Waals surface area contributed by atoms with Crippen molar-refractivity contribution >= 4 is 8.80 Å². The first-order valence-corrected chi connectivity index (χ1v) is 8.55. The van der Waals surface area contributed by atoms with Crippen LogP contribution >= 0.6 is 0 Å². The molecule has 0 heterocycles. The largest absolute Gasteiger partial charge is 0.508 e. The van der Waals surface area contributed by atoms with Crippen LogP contribution in [0.4, 0.5) is 0 Å². The maximum absolute atomic E-state index is 5.88. The average Bonchev–Trinajstić information content (AvgIpc) is 2.31. The Labute approximate surface area is 108 Å². The molecule has 0 aliphatic heterocycles. The minimum Gasteiger partial charge on any atom is -0.373 e. The molecule has 0 rings (SSSR count). The van der Waals surface area contributed by atoms with E-state index in [1.165, 1.54) is 6.42 Å². The van der Waals surface area contributed by atoms with E-state index in [2.05, 4.69) is 13.5 Å². The smallest absolute Gasteiger partial charge is 0.373 e. The Hall–Kier alpha value is -0.163. The molecule has 0 fully saturated rings. The van der Waals surface area contributed by atoms with Crippen LogP contribution in [-0.4, -0.2) is 28.6 Å². The lowest BCUT2D eigenvalue weighted by molar-refractivity contribution is 0.0642. The van der Waals surface area contributed by atoms with Gasteiger partial charge >= 0.3 is 8.80 Å². The van der Waals surface area contributed by atoms with Crippen molar-refractivity contribution in [1.29, 1.82) is 0 Å². The van der Waals surface area contributed by atoms with E-state index in [-0.39, 0.29) is 5.54 Å². The first-order valence-electron chi connectivity index (χ1n) is 6.75. The van der Waals surface area contributed by atoms with Crippen LogP contribution in [0.1, 0.15) is 47.0 Å². The van der Waals surface area contributed by atoms with Gasteiger partial charge in [0.2, 0.25) is 0 Å². The normalized spacial score (nSPS) is 13.6. The van der Waals surface area contributed by atoms with Crippen LogP contribution in [0.15, 0.2) is 12.7 Å². The van der Waals surface area contributed by atoms with Crippen LogP contribution in [0.25, 0.3) is 0 Å². The molecule has 0 aliphatic carbocycles. The Balaban J connectivity index is 4.83.